The van der Waals surface area contributed by atoms with Gasteiger partial charge in [-0.05, 0) is 24.1 Å². The van der Waals surface area contributed by atoms with E-state index >= 15 is 0 Å². The standard InChI is InChI=1S/C13H15ClFN3/c1-8(2)13-9(6-16)7-17-18(13)10-3-4-12(15)11(14)5-10/h3-5,7-8H,6,16H2,1-2H3. The lowest BCUT2D eigenvalue weighted by molar-refractivity contribution is 0.626. The summed E-state index contributed by atoms with van der Waals surface area (Å²) in [6.45, 7) is 4.57. The fraction of sp³-hybridized carbons (Fsp3) is 0.308. The Morgan fingerprint density at radius 2 is 2.17 bits per heavy atom. The zero-order chi connectivity index (χ0) is 13.3. The van der Waals surface area contributed by atoms with Crippen LogP contribution in [0.15, 0.2) is 24.4 Å². The molecular formula is C13H15ClFN3. The van der Waals surface area contributed by atoms with Crippen LogP contribution in [0.5, 0.6) is 0 Å². The van der Waals surface area contributed by atoms with E-state index in [1.807, 2.05) is 0 Å². The van der Waals surface area contributed by atoms with E-state index < -0.39 is 5.82 Å². The molecule has 2 aromatic rings. The van der Waals surface area contributed by atoms with E-state index in [1.54, 1.807) is 23.0 Å². The molecule has 5 heteroatoms. The number of nitrogens with two attached hydrogens (primary N) is 1. The van der Waals surface area contributed by atoms with E-state index in [0.717, 1.165) is 16.9 Å². The van der Waals surface area contributed by atoms with Gasteiger partial charge in [-0.3, -0.25) is 0 Å². The molecule has 0 saturated heterocycles. The minimum Gasteiger partial charge on any atom is -0.326 e. The van der Waals surface area contributed by atoms with E-state index in [2.05, 4.69) is 18.9 Å². The monoisotopic (exact) mass is 267 g/mol. The number of hydrogen-bond acceptors (Lipinski definition) is 2. The summed E-state index contributed by atoms with van der Waals surface area (Å²) in [5.41, 5.74) is 8.45. The van der Waals surface area contributed by atoms with Crippen molar-refractivity contribution in [2.45, 2.75) is 26.3 Å². The Morgan fingerprint density at radius 3 is 2.72 bits per heavy atom. The predicted molar refractivity (Wildman–Crippen MR) is 70.5 cm³/mol. The van der Waals surface area contributed by atoms with Crippen LogP contribution in [-0.4, -0.2) is 9.78 Å². The van der Waals surface area contributed by atoms with Gasteiger partial charge in [-0.25, -0.2) is 9.07 Å². The van der Waals surface area contributed by atoms with E-state index in [-0.39, 0.29) is 10.9 Å². The van der Waals surface area contributed by atoms with Gasteiger partial charge < -0.3 is 5.73 Å². The molecule has 2 rings (SSSR count). The van der Waals surface area contributed by atoms with Gasteiger partial charge in [0, 0.05) is 12.1 Å². The van der Waals surface area contributed by atoms with Crippen molar-refractivity contribution in [2.75, 3.05) is 0 Å². The topological polar surface area (TPSA) is 43.8 Å². The fourth-order valence-corrected chi connectivity index (χ4v) is 2.16. The van der Waals surface area contributed by atoms with E-state index in [0.29, 0.717) is 6.54 Å². The van der Waals surface area contributed by atoms with Crippen LogP contribution in [0.3, 0.4) is 0 Å². The van der Waals surface area contributed by atoms with Crippen LogP contribution in [-0.2, 0) is 6.54 Å². The van der Waals surface area contributed by atoms with Crippen molar-refractivity contribution in [2.24, 2.45) is 5.73 Å². The summed E-state index contributed by atoms with van der Waals surface area (Å²) in [5, 5.41) is 4.39. The second-order valence-corrected chi connectivity index (χ2v) is 4.83. The normalized spacial score (nSPS) is 11.2. The molecule has 18 heavy (non-hydrogen) atoms. The molecule has 0 spiro atoms. The molecule has 1 heterocycles. The number of nitrogens with zero attached hydrogens (tertiary/aromatic N) is 2. The van der Waals surface area contributed by atoms with Crippen molar-refractivity contribution in [3.63, 3.8) is 0 Å². The largest absolute Gasteiger partial charge is 0.326 e. The second kappa shape index (κ2) is 5.08. The van der Waals surface area contributed by atoms with Gasteiger partial charge in [0.2, 0.25) is 0 Å². The fourth-order valence-electron chi connectivity index (χ4n) is 1.99. The predicted octanol–water partition coefficient (Wildman–Crippen LogP) is 3.25. The van der Waals surface area contributed by atoms with Crippen molar-refractivity contribution in [1.82, 2.24) is 9.78 Å². The van der Waals surface area contributed by atoms with Gasteiger partial charge in [0.05, 0.1) is 22.6 Å². The lowest BCUT2D eigenvalue weighted by atomic mass is 10.1. The molecule has 0 amide bonds. The Labute approximate surface area is 110 Å². The summed E-state index contributed by atoms with van der Waals surface area (Å²) >= 11 is 5.80. The summed E-state index contributed by atoms with van der Waals surface area (Å²) < 4.78 is 14.9. The van der Waals surface area contributed by atoms with E-state index in [9.17, 15) is 4.39 Å². The molecular weight excluding hydrogens is 253 g/mol. The van der Waals surface area contributed by atoms with Crippen LogP contribution in [0.2, 0.25) is 5.02 Å². The van der Waals surface area contributed by atoms with Gasteiger partial charge in [0.25, 0.3) is 0 Å². The first-order valence-corrected chi connectivity index (χ1v) is 6.14. The van der Waals surface area contributed by atoms with Crippen LogP contribution < -0.4 is 5.73 Å². The van der Waals surface area contributed by atoms with Crippen molar-refractivity contribution in [3.8, 4) is 5.69 Å². The lowest BCUT2D eigenvalue weighted by Crippen LogP contribution is -2.07. The van der Waals surface area contributed by atoms with E-state index in [4.69, 9.17) is 17.3 Å². The third kappa shape index (κ3) is 2.26. The summed E-state index contributed by atoms with van der Waals surface area (Å²) in [6.07, 6.45) is 1.74. The number of halogens is 2. The van der Waals surface area contributed by atoms with Crippen LogP contribution >= 0.6 is 11.6 Å². The van der Waals surface area contributed by atoms with E-state index in [1.165, 1.54) is 6.07 Å². The molecule has 3 nitrogen and oxygen atoms in total. The molecule has 0 aliphatic heterocycles. The van der Waals surface area contributed by atoms with Gasteiger partial charge in [-0.2, -0.15) is 5.10 Å². The van der Waals surface area contributed by atoms with Gasteiger partial charge in [0.15, 0.2) is 0 Å². The first kappa shape index (κ1) is 13.1. The first-order valence-electron chi connectivity index (χ1n) is 5.77. The van der Waals surface area contributed by atoms with Crippen molar-refractivity contribution >= 4 is 11.6 Å². The van der Waals surface area contributed by atoms with Gasteiger partial charge in [-0.1, -0.05) is 25.4 Å². The Balaban J connectivity index is 2.56. The molecule has 0 aliphatic carbocycles. The molecule has 0 atom stereocenters. The van der Waals surface area contributed by atoms with Gasteiger partial charge in [-0.15, -0.1) is 0 Å². The highest BCUT2D eigenvalue weighted by atomic mass is 35.5. The molecule has 0 aliphatic rings. The third-order valence-electron chi connectivity index (χ3n) is 2.80. The highest BCUT2D eigenvalue weighted by Crippen LogP contribution is 2.25. The maximum absolute atomic E-state index is 13.2. The van der Waals surface area contributed by atoms with Crippen molar-refractivity contribution < 1.29 is 4.39 Å². The molecule has 0 fully saturated rings. The van der Waals surface area contributed by atoms with Crippen LogP contribution in [0, 0.1) is 5.82 Å². The van der Waals surface area contributed by atoms with Gasteiger partial charge in [0.1, 0.15) is 5.82 Å². The minimum absolute atomic E-state index is 0.0898. The summed E-state index contributed by atoms with van der Waals surface area (Å²) in [4.78, 5) is 0. The number of hydrogen-bond donors (Lipinski definition) is 1. The molecule has 0 saturated carbocycles. The molecule has 1 aromatic carbocycles. The van der Waals surface area contributed by atoms with Crippen LogP contribution in [0.1, 0.15) is 31.0 Å². The molecule has 0 bridgehead atoms. The number of benzene rings is 1. The van der Waals surface area contributed by atoms with Crippen LogP contribution in [0.4, 0.5) is 4.39 Å². The molecule has 0 radical (unpaired) electrons. The summed E-state index contributed by atoms with van der Waals surface area (Å²) in [6, 6.07) is 4.56. The van der Waals surface area contributed by atoms with Crippen molar-refractivity contribution in [1.29, 1.82) is 0 Å². The zero-order valence-corrected chi connectivity index (χ0v) is 11.1. The smallest absolute Gasteiger partial charge is 0.141 e. The van der Waals surface area contributed by atoms with Gasteiger partial charge >= 0.3 is 0 Å². The zero-order valence-electron chi connectivity index (χ0n) is 10.3. The first-order chi connectivity index (χ1) is 8.54. The molecule has 96 valence electrons. The molecule has 0 unspecified atom stereocenters. The Hall–Kier alpha value is -1.39. The number of aromatic nitrogens is 2. The molecule has 2 N–H and O–H groups in total. The number of rotatable bonds is 3. The Kier molecular flexibility index (Phi) is 3.68. The summed E-state index contributed by atoms with van der Waals surface area (Å²) in [7, 11) is 0. The lowest BCUT2D eigenvalue weighted by Gasteiger charge is -2.12. The molecule has 1 aromatic heterocycles. The maximum Gasteiger partial charge on any atom is 0.141 e. The average Bonchev–Trinajstić information content (AvgIpc) is 2.76. The Bertz CT molecular complexity index is 563. The highest BCUT2D eigenvalue weighted by molar-refractivity contribution is 6.30. The Morgan fingerprint density at radius 1 is 1.44 bits per heavy atom. The highest BCUT2D eigenvalue weighted by Gasteiger charge is 2.15. The second-order valence-electron chi connectivity index (χ2n) is 4.42. The average molecular weight is 268 g/mol. The SMILES string of the molecule is CC(C)c1c(CN)cnn1-c1ccc(F)c(Cl)c1. The third-order valence-corrected chi connectivity index (χ3v) is 3.09. The maximum atomic E-state index is 13.2. The van der Waals surface area contributed by atoms with Crippen LogP contribution in [0.25, 0.3) is 5.69 Å². The quantitative estimate of drug-likeness (QED) is 0.928. The summed E-state index contributed by atoms with van der Waals surface area (Å²) in [5.74, 6) is -0.160. The van der Waals surface area contributed by atoms with Crippen molar-refractivity contribution in [3.05, 3.63) is 46.5 Å². The minimum atomic E-state index is -0.433.